The number of nitrogens with zero attached hydrogens (tertiary/aromatic N) is 5. The van der Waals surface area contributed by atoms with E-state index >= 15 is 0 Å². The van der Waals surface area contributed by atoms with Gasteiger partial charge in [-0.3, -0.25) is 0 Å². The van der Waals surface area contributed by atoms with E-state index in [9.17, 15) is 13.6 Å². The Morgan fingerprint density at radius 3 is 2.85 bits per heavy atom. The monoisotopic (exact) mass is 491 g/mol. The molecule has 1 aromatic carbocycles. The van der Waals surface area contributed by atoms with Gasteiger partial charge in [0.15, 0.2) is 11.3 Å². The molecule has 0 saturated carbocycles. The molecular formula is C22H17Cl2F2N5O2. The normalized spacial score (nSPS) is 16.2. The number of fused-ring (bicyclic) bond motifs is 3. The SMILES string of the molecule is CCOC(=O)c1c(Cl)nc2nn3ccc(N4CCCC4c4cc(F)ccc4F)nc3c2c1Cl. The molecule has 0 N–H and O–H groups in total. The minimum atomic E-state index is -0.696. The number of halogens is 4. The Labute approximate surface area is 196 Å². The lowest BCUT2D eigenvalue weighted by Crippen LogP contribution is -2.24. The topological polar surface area (TPSA) is 72.6 Å². The van der Waals surface area contributed by atoms with Crippen molar-refractivity contribution in [2.24, 2.45) is 0 Å². The number of hydrogen-bond donors (Lipinski definition) is 0. The highest BCUT2D eigenvalue weighted by Gasteiger charge is 2.30. The van der Waals surface area contributed by atoms with Crippen LogP contribution in [0.5, 0.6) is 0 Å². The second kappa shape index (κ2) is 8.39. The molecule has 5 rings (SSSR count). The number of carbonyl (C=O) groups is 1. The van der Waals surface area contributed by atoms with Crippen molar-refractivity contribution in [3.8, 4) is 0 Å². The first-order chi connectivity index (χ1) is 15.9. The van der Waals surface area contributed by atoms with Crippen molar-refractivity contribution < 1.29 is 18.3 Å². The Balaban J connectivity index is 1.64. The minimum absolute atomic E-state index is 0.0391. The summed E-state index contributed by atoms with van der Waals surface area (Å²) in [5, 5.41) is 4.62. The fourth-order valence-electron chi connectivity index (χ4n) is 4.22. The lowest BCUT2D eigenvalue weighted by Gasteiger charge is -2.26. The van der Waals surface area contributed by atoms with Crippen molar-refractivity contribution in [2.45, 2.75) is 25.8 Å². The maximum Gasteiger partial charge on any atom is 0.342 e. The highest BCUT2D eigenvalue weighted by molar-refractivity contribution is 6.43. The first kappa shape index (κ1) is 21.8. The molecule has 7 nitrogen and oxygen atoms in total. The quantitative estimate of drug-likeness (QED) is 0.281. The highest BCUT2D eigenvalue weighted by atomic mass is 35.5. The molecule has 3 aromatic heterocycles. The Morgan fingerprint density at radius 2 is 2.06 bits per heavy atom. The summed E-state index contributed by atoms with van der Waals surface area (Å²) in [6, 6.07) is 4.81. The number of aromatic nitrogens is 4. The molecule has 1 atom stereocenters. The zero-order valence-corrected chi connectivity index (χ0v) is 18.9. The summed E-state index contributed by atoms with van der Waals surface area (Å²) in [4.78, 5) is 23.2. The molecule has 4 aromatic rings. The van der Waals surface area contributed by atoms with Crippen molar-refractivity contribution in [1.82, 2.24) is 19.6 Å². The van der Waals surface area contributed by atoms with E-state index in [4.69, 9.17) is 32.9 Å². The molecule has 0 radical (unpaired) electrons. The standard InChI is InChI=1S/C22H17Cl2F2N5O2/c1-2-33-22(32)16-18(23)17-20(28-19(16)24)29-31-9-7-15(27-21(17)31)30-8-3-4-14(30)12-10-11(25)5-6-13(12)26/h5-7,9-10,14H,2-4,8H2,1H3. The van der Waals surface area contributed by atoms with E-state index in [1.807, 2.05) is 4.90 Å². The number of hydrogen-bond acceptors (Lipinski definition) is 6. The van der Waals surface area contributed by atoms with E-state index in [1.165, 1.54) is 10.6 Å². The Bertz CT molecular complexity index is 1410. The minimum Gasteiger partial charge on any atom is -0.462 e. The van der Waals surface area contributed by atoms with Gasteiger partial charge in [0.25, 0.3) is 0 Å². The molecule has 4 heterocycles. The average Bonchev–Trinajstić information content (AvgIpc) is 3.39. The second-order valence-corrected chi connectivity index (χ2v) is 8.32. The van der Waals surface area contributed by atoms with Crippen molar-refractivity contribution >= 4 is 51.7 Å². The Kier molecular flexibility index (Phi) is 5.54. The van der Waals surface area contributed by atoms with Crippen LogP contribution in [-0.4, -0.2) is 38.7 Å². The third-order valence-corrected chi connectivity index (χ3v) is 6.30. The van der Waals surface area contributed by atoms with Crippen LogP contribution in [0.15, 0.2) is 30.5 Å². The number of benzene rings is 1. The number of esters is 1. The highest BCUT2D eigenvalue weighted by Crippen LogP contribution is 2.38. The molecule has 1 fully saturated rings. The smallest absolute Gasteiger partial charge is 0.342 e. The van der Waals surface area contributed by atoms with Gasteiger partial charge in [0.2, 0.25) is 0 Å². The fourth-order valence-corrected chi connectivity index (χ4v) is 4.85. The largest absolute Gasteiger partial charge is 0.462 e. The number of pyridine rings is 1. The van der Waals surface area contributed by atoms with Crippen LogP contribution >= 0.6 is 23.2 Å². The molecule has 1 aliphatic heterocycles. The van der Waals surface area contributed by atoms with Gasteiger partial charge in [-0.15, -0.1) is 5.10 Å². The molecule has 1 saturated heterocycles. The van der Waals surface area contributed by atoms with Gasteiger partial charge in [0.05, 0.1) is 23.1 Å². The summed E-state index contributed by atoms with van der Waals surface area (Å²) >= 11 is 12.7. The molecule has 0 aliphatic carbocycles. The van der Waals surface area contributed by atoms with Crippen LogP contribution in [0.1, 0.15) is 41.7 Å². The van der Waals surface area contributed by atoms with Gasteiger partial charge < -0.3 is 9.64 Å². The molecule has 1 unspecified atom stereocenters. The fraction of sp³-hybridized carbons (Fsp3) is 0.273. The van der Waals surface area contributed by atoms with Gasteiger partial charge in [-0.2, -0.15) is 0 Å². The van der Waals surface area contributed by atoms with E-state index in [1.54, 1.807) is 19.2 Å². The number of ether oxygens (including phenoxy) is 1. The molecule has 170 valence electrons. The van der Waals surface area contributed by atoms with Gasteiger partial charge in [0, 0.05) is 18.3 Å². The lowest BCUT2D eigenvalue weighted by molar-refractivity contribution is 0.0526. The molecular weight excluding hydrogens is 475 g/mol. The van der Waals surface area contributed by atoms with Crippen LogP contribution in [0.25, 0.3) is 16.7 Å². The van der Waals surface area contributed by atoms with Crippen LogP contribution in [0.2, 0.25) is 10.2 Å². The first-order valence-corrected chi connectivity index (χ1v) is 11.1. The number of rotatable bonds is 4. The summed E-state index contributed by atoms with van der Waals surface area (Å²) in [6.07, 6.45) is 3.11. The molecule has 0 spiro atoms. The third-order valence-electron chi connectivity index (χ3n) is 5.64. The first-order valence-electron chi connectivity index (χ1n) is 10.3. The summed E-state index contributed by atoms with van der Waals surface area (Å²) in [5.74, 6) is -1.12. The van der Waals surface area contributed by atoms with E-state index in [0.29, 0.717) is 29.8 Å². The summed E-state index contributed by atoms with van der Waals surface area (Å²) in [6.45, 7) is 2.43. The Hall–Kier alpha value is -3.04. The lowest BCUT2D eigenvalue weighted by atomic mass is 10.0. The van der Waals surface area contributed by atoms with Gasteiger partial charge in [-0.05, 0) is 44.0 Å². The van der Waals surface area contributed by atoms with E-state index in [-0.39, 0.29) is 39.6 Å². The van der Waals surface area contributed by atoms with Crippen LogP contribution in [-0.2, 0) is 4.74 Å². The van der Waals surface area contributed by atoms with Crippen LogP contribution in [0.4, 0.5) is 14.6 Å². The number of anilines is 1. The molecule has 0 amide bonds. The van der Waals surface area contributed by atoms with E-state index in [2.05, 4.69) is 10.1 Å². The average molecular weight is 492 g/mol. The van der Waals surface area contributed by atoms with Crippen molar-refractivity contribution in [3.05, 3.63) is 63.4 Å². The predicted molar refractivity (Wildman–Crippen MR) is 120 cm³/mol. The van der Waals surface area contributed by atoms with E-state index in [0.717, 1.165) is 18.6 Å². The van der Waals surface area contributed by atoms with Gasteiger partial charge in [-0.25, -0.2) is 28.1 Å². The molecule has 0 bridgehead atoms. The van der Waals surface area contributed by atoms with Crippen molar-refractivity contribution in [3.63, 3.8) is 0 Å². The zero-order valence-electron chi connectivity index (χ0n) is 17.4. The molecule has 33 heavy (non-hydrogen) atoms. The van der Waals surface area contributed by atoms with E-state index < -0.39 is 17.6 Å². The van der Waals surface area contributed by atoms with Crippen molar-refractivity contribution in [1.29, 1.82) is 0 Å². The second-order valence-electron chi connectivity index (χ2n) is 7.58. The molecule has 1 aliphatic rings. The summed E-state index contributed by atoms with van der Waals surface area (Å²) in [5.41, 5.74) is 0.795. The summed E-state index contributed by atoms with van der Waals surface area (Å²) < 4.78 is 34.8. The molecule has 11 heteroatoms. The Morgan fingerprint density at radius 1 is 1.24 bits per heavy atom. The van der Waals surface area contributed by atoms with Gasteiger partial charge in [0.1, 0.15) is 28.2 Å². The van der Waals surface area contributed by atoms with Crippen LogP contribution in [0, 0.1) is 11.6 Å². The van der Waals surface area contributed by atoms with Crippen LogP contribution < -0.4 is 4.90 Å². The van der Waals surface area contributed by atoms with Crippen molar-refractivity contribution in [2.75, 3.05) is 18.1 Å². The maximum atomic E-state index is 14.5. The zero-order chi connectivity index (χ0) is 23.3. The number of carbonyl (C=O) groups excluding carboxylic acids is 1. The van der Waals surface area contributed by atoms with Gasteiger partial charge in [-0.1, -0.05) is 23.2 Å². The van der Waals surface area contributed by atoms with Gasteiger partial charge >= 0.3 is 5.97 Å². The maximum absolute atomic E-state index is 14.5. The third kappa shape index (κ3) is 3.65. The summed E-state index contributed by atoms with van der Waals surface area (Å²) in [7, 11) is 0. The predicted octanol–water partition coefficient (Wildman–Crippen LogP) is 5.38. The van der Waals surface area contributed by atoms with Crippen LogP contribution in [0.3, 0.4) is 0 Å².